The van der Waals surface area contributed by atoms with Gasteiger partial charge in [-0.2, -0.15) is 0 Å². The predicted octanol–water partition coefficient (Wildman–Crippen LogP) is 7.25. The summed E-state index contributed by atoms with van der Waals surface area (Å²) in [7, 11) is 4.68. The summed E-state index contributed by atoms with van der Waals surface area (Å²) in [5, 5.41) is 23.6. The van der Waals surface area contributed by atoms with Gasteiger partial charge >= 0.3 is 5.97 Å². The van der Waals surface area contributed by atoms with Gasteiger partial charge in [0, 0.05) is 75.4 Å². The van der Waals surface area contributed by atoms with Crippen molar-refractivity contribution >= 4 is 51.8 Å². The molecule has 0 aromatic carbocycles. The van der Waals surface area contributed by atoms with Gasteiger partial charge in [0.05, 0.1) is 24.4 Å². The smallest absolute Gasteiger partial charge is 0.329 e. The molecule has 3 saturated heterocycles. The molecule has 4 heterocycles. The number of rotatable bonds is 9. The van der Waals surface area contributed by atoms with Crippen LogP contribution in [0.5, 0.6) is 0 Å². The standard InChI is InChI=1S/C53H80INO13/c1-31-15-11-10-12-16-32(2)43(63-7)29-38-20-18-36(6)53(62,68-38)50(59)51(60)55-23-13-17-39-40(27-37-19-21-42(45(28-37)64-8)66-24-14-22-54)44(67-52(61)46(39)55)30-41(56)33(3)26-35(5)48(58)49(65-9)47(57)34(4)25-31/h10-12,15-16,26,31,33-34,36-40,42-46,48-49,58,62H,13-14,17-25,27-30H2,1-9H3/b12-10+,15-11+,32-16?,35-26+/t31-,33-,34-,36-,37+,38+,39?,40+,42-,43+,44+,45-,46+,48-,49+,53-/m1/s1. The van der Waals surface area contributed by atoms with Crippen molar-refractivity contribution < 1.29 is 62.6 Å². The highest BCUT2D eigenvalue weighted by molar-refractivity contribution is 14.1. The Morgan fingerprint density at radius 1 is 0.868 bits per heavy atom. The molecule has 4 aliphatic heterocycles. The number of hydrogen-bond donors (Lipinski definition) is 2. The molecule has 2 N–H and O–H groups in total. The van der Waals surface area contributed by atoms with Gasteiger partial charge in [0.2, 0.25) is 5.79 Å². The quantitative estimate of drug-likeness (QED) is 0.0589. The molecule has 1 saturated carbocycles. The summed E-state index contributed by atoms with van der Waals surface area (Å²) >= 11 is 2.34. The number of carbonyl (C=O) groups is 5. The Hall–Kier alpha value is -2.64. The SMILES string of the molecule is CO[C@H]1C[C@@H]2CC[C@@H](C)[C@@](O)(O2)C(=O)C(=O)N2CCCC3[C@H]2C(=O)O[C@@H](CC(=O)[C@H](C)/C=C(\C)[C@@H](O)[C@@H](OC)C(=O)[C@H](C)C[C@H](C)/C=C/C=C/C=C1C)[C@H]3C[C@@H]1CC[C@@H](OCCCI)[C@H](OC)C1. The number of halogens is 1. The van der Waals surface area contributed by atoms with E-state index < -0.39 is 83.7 Å². The highest BCUT2D eigenvalue weighted by atomic mass is 127. The monoisotopic (exact) mass is 1070 g/mol. The van der Waals surface area contributed by atoms with E-state index in [-0.39, 0.29) is 54.5 Å². The van der Waals surface area contributed by atoms with E-state index in [4.69, 9.17) is 28.4 Å². The Morgan fingerprint density at radius 3 is 2.31 bits per heavy atom. The minimum Gasteiger partial charge on any atom is -0.460 e. The number of fused-ring (bicyclic) bond motifs is 3. The summed E-state index contributed by atoms with van der Waals surface area (Å²) in [5.41, 5.74) is 1.30. The zero-order valence-electron chi connectivity index (χ0n) is 41.9. The second-order valence-electron chi connectivity index (χ2n) is 20.4. The number of allylic oxidation sites excluding steroid dienone is 6. The number of esters is 1. The third-order valence-electron chi connectivity index (χ3n) is 15.5. The van der Waals surface area contributed by atoms with Gasteiger partial charge in [0.15, 0.2) is 5.78 Å². The van der Waals surface area contributed by atoms with E-state index in [1.54, 1.807) is 41.1 Å². The van der Waals surface area contributed by atoms with Crippen LogP contribution in [-0.2, 0) is 52.4 Å². The Bertz CT molecular complexity index is 1870. The van der Waals surface area contributed by atoms with Crippen LogP contribution in [0.3, 0.4) is 0 Å². The van der Waals surface area contributed by atoms with E-state index in [0.29, 0.717) is 63.5 Å². The molecule has 1 amide bonds. The highest BCUT2D eigenvalue weighted by Gasteiger charge is 2.57. The minimum atomic E-state index is -2.42. The van der Waals surface area contributed by atoms with Gasteiger partial charge in [-0.25, -0.2) is 4.79 Å². The first-order chi connectivity index (χ1) is 32.4. The third-order valence-corrected chi connectivity index (χ3v) is 16.3. The van der Waals surface area contributed by atoms with Crippen LogP contribution >= 0.6 is 22.6 Å². The van der Waals surface area contributed by atoms with Gasteiger partial charge in [-0.3, -0.25) is 19.2 Å². The molecule has 5 rings (SSSR count). The Kier molecular flexibility index (Phi) is 21.7. The van der Waals surface area contributed by atoms with Crippen molar-refractivity contribution in [1.82, 2.24) is 4.90 Å². The molecular weight excluding hydrogens is 985 g/mol. The number of hydrogen-bond acceptors (Lipinski definition) is 13. The fourth-order valence-electron chi connectivity index (χ4n) is 11.4. The Labute approximate surface area is 418 Å². The lowest BCUT2D eigenvalue weighted by Gasteiger charge is -2.50. The molecule has 0 spiro atoms. The number of piperidine rings is 1. The molecule has 1 aliphatic carbocycles. The predicted molar refractivity (Wildman–Crippen MR) is 266 cm³/mol. The van der Waals surface area contributed by atoms with E-state index >= 15 is 0 Å². The molecule has 382 valence electrons. The molecular formula is C53H80INO13. The molecule has 16 atom stereocenters. The van der Waals surface area contributed by atoms with Crippen molar-refractivity contribution in [1.29, 1.82) is 0 Å². The number of carbonyl (C=O) groups excluding carboxylic acids is 5. The number of alkyl halides is 1. The van der Waals surface area contributed by atoms with Crippen LogP contribution in [0.15, 0.2) is 47.6 Å². The fraction of sp³-hybridized carbons (Fsp3) is 0.755. The largest absolute Gasteiger partial charge is 0.460 e. The maximum atomic E-state index is 14.6. The summed E-state index contributed by atoms with van der Waals surface area (Å²) in [5.74, 6) is -8.14. The highest BCUT2D eigenvalue weighted by Crippen LogP contribution is 2.45. The molecule has 15 heteroatoms. The van der Waals surface area contributed by atoms with Crippen molar-refractivity contribution in [3.8, 4) is 0 Å². The molecule has 0 aromatic heterocycles. The second kappa shape index (κ2) is 26.2. The lowest BCUT2D eigenvalue weighted by molar-refractivity contribution is -0.266. The van der Waals surface area contributed by atoms with Crippen LogP contribution in [0.4, 0.5) is 0 Å². The third kappa shape index (κ3) is 13.9. The summed E-state index contributed by atoms with van der Waals surface area (Å²) < 4.78 is 37.2. The first-order valence-corrected chi connectivity index (χ1v) is 26.6. The van der Waals surface area contributed by atoms with Crippen LogP contribution in [0, 0.1) is 41.4 Å². The molecule has 4 fully saturated rings. The topological polar surface area (TPSA) is 184 Å². The van der Waals surface area contributed by atoms with Gasteiger partial charge in [0.1, 0.15) is 30.1 Å². The number of ether oxygens (including phenoxy) is 6. The normalized spacial score (nSPS) is 40.6. The summed E-state index contributed by atoms with van der Waals surface area (Å²) in [4.78, 5) is 72.7. The van der Waals surface area contributed by atoms with Crippen molar-refractivity contribution in [2.75, 3.05) is 38.9 Å². The summed E-state index contributed by atoms with van der Waals surface area (Å²) in [6.07, 6.45) is 13.4. The molecule has 1 unspecified atom stereocenters. The van der Waals surface area contributed by atoms with E-state index in [9.17, 15) is 34.2 Å². The Balaban J connectivity index is 1.50. The van der Waals surface area contributed by atoms with E-state index in [0.717, 1.165) is 29.3 Å². The van der Waals surface area contributed by atoms with Gasteiger partial charge in [-0.15, -0.1) is 0 Å². The van der Waals surface area contributed by atoms with Crippen LogP contribution in [0.25, 0.3) is 0 Å². The molecule has 14 nitrogen and oxygen atoms in total. The first kappa shape index (κ1) is 56.3. The average molecular weight is 1070 g/mol. The lowest BCUT2D eigenvalue weighted by atomic mass is 9.68. The summed E-state index contributed by atoms with van der Waals surface area (Å²) in [6.45, 7) is 11.6. The van der Waals surface area contributed by atoms with Crippen LogP contribution in [-0.4, -0.2) is 138 Å². The molecule has 0 aromatic rings. The lowest BCUT2D eigenvalue weighted by Crippen LogP contribution is -2.65. The minimum absolute atomic E-state index is 0.0274. The molecule has 6 bridgehead atoms. The van der Waals surface area contributed by atoms with E-state index in [1.165, 1.54) is 12.0 Å². The number of ketones is 3. The average Bonchev–Trinajstić information content (AvgIpc) is 3.32. The van der Waals surface area contributed by atoms with Gasteiger partial charge in [-0.05, 0) is 107 Å². The number of methoxy groups -OCH3 is 3. The molecule has 5 aliphatic rings. The van der Waals surface area contributed by atoms with Gasteiger partial charge in [0.25, 0.3) is 11.7 Å². The van der Waals surface area contributed by atoms with Crippen LogP contribution in [0.1, 0.15) is 119 Å². The van der Waals surface area contributed by atoms with Crippen molar-refractivity contribution in [2.45, 2.75) is 173 Å². The second-order valence-corrected chi connectivity index (χ2v) is 21.5. The van der Waals surface area contributed by atoms with Crippen molar-refractivity contribution in [3.63, 3.8) is 0 Å². The number of aliphatic hydroxyl groups is 2. The zero-order chi connectivity index (χ0) is 49.9. The van der Waals surface area contributed by atoms with Crippen molar-refractivity contribution in [2.24, 2.45) is 41.4 Å². The Morgan fingerprint density at radius 2 is 1.62 bits per heavy atom. The number of amides is 1. The van der Waals surface area contributed by atoms with Crippen LogP contribution in [0.2, 0.25) is 0 Å². The maximum absolute atomic E-state index is 14.6. The zero-order valence-corrected chi connectivity index (χ0v) is 44.1. The van der Waals surface area contributed by atoms with Gasteiger partial charge in [-0.1, -0.05) is 86.7 Å². The van der Waals surface area contributed by atoms with Gasteiger partial charge < -0.3 is 43.5 Å². The van der Waals surface area contributed by atoms with Crippen LogP contribution < -0.4 is 0 Å². The number of Topliss-reactive ketones (excluding diaryl/α,β-unsaturated/α-hetero) is 3. The maximum Gasteiger partial charge on any atom is 0.329 e. The fourth-order valence-corrected chi connectivity index (χ4v) is 11.7. The van der Waals surface area contributed by atoms with Crippen molar-refractivity contribution in [3.05, 3.63) is 47.6 Å². The molecule has 68 heavy (non-hydrogen) atoms. The summed E-state index contributed by atoms with van der Waals surface area (Å²) in [6, 6.07) is -1.10. The number of nitrogens with zero attached hydrogens (tertiary/aromatic N) is 1. The van der Waals surface area contributed by atoms with E-state index in [1.807, 2.05) is 51.2 Å². The number of aliphatic hydroxyl groups excluding tert-OH is 1. The molecule has 0 radical (unpaired) electrons. The first-order valence-electron chi connectivity index (χ1n) is 25.0. The van der Waals surface area contributed by atoms with E-state index in [2.05, 4.69) is 22.6 Å².